The minimum Gasteiger partial charge on any atom is -0.228 e. The molecular formula is C43H26F2N2. The summed E-state index contributed by atoms with van der Waals surface area (Å²) in [4.78, 5) is 10.0. The van der Waals surface area contributed by atoms with Crippen LogP contribution in [0.3, 0.4) is 0 Å². The number of benzene rings is 7. The Labute approximate surface area is 270 Å². The summed E-state index contributed by atoms with van der Waals surface area (Å²) in [6.45, 7) is 0. The number of fused-ring (bicyclic) bond motifs is 5. The molecule has 4 heteroatoms. The molecule has 0 radical (unpaired) electrons. The van der Waals surface area contributed by atoms with E-state index < -0.39 is 5.92 Å². The highest BCUT2D eigenvalue weighted by molar-refractivity contribution is 5.92. The molecule has 7 aromatic carbocycles. The fraction of sp³-hybridized carbons (Fsp3) is 0.0233. The van der Waals surface area contributed by atoms with Crippen molar-refractivity contribution in [1.82, 2.24) is 9.97 Å². The number of rotatable bonds is 4. The van der Waals surface area contributed by atoms with Gasteiger partial charge in [0, 0.05) is 27.8 Å². The molecule has 0 atom stereocenters. The summed E-state index contributed by atoms with van der Waals surface area (Å²) in [6, 6.07) is 51.4. The average molecular weight is 609 g/mol. The molecule has 9 rings (SSSR count). The van der Waals surface area contributed by atoms with Gasteiger partial charge in [-0.3, -0.25) is 0 Å². The molecule has 0 N–H and O–H groups in total. The molecule has 47 heavy (non-hydrogen) atoms. The first-order valence-corrected chi connectivity index (χ1v) is 15.6. The number of hydrogen-bond donors (Lipinski definition) is 0. The van der Waals surface area contributed by atoms with Crippen LogP contribution in [0, 0.1) is 0 Å². The van der Waals surface area contributed by atoms with Gasteiger partial charge >= 0.3 is 0 Å². The lowest BCUT2D eigenvalue weighted by Gasteiger charge is -2.14. The zero-order chi connectivity index (χ0) is 31.5. The van der Waals surface area contributed by atoms with E-state index in [1.165, 1.54) is 11.5 Å². The second-order valence-corrected chi connectivity index (χ2v) is 12.0. The molecule has 1 aliphatic carbocycles. The minimum absolute atomic E-state index is 0.0562. The van der Waals surface area contributed by atoms with Gasteiger partial charge in [0.15, 0.2) is 5.82 Å². The van der Waals surface area contributed by atoms with E-state index in [9.17, 15) is 0 Å². The predicted octanol–water partition coefficient (Wildman–Crippen LogP) is 11.6. The summed E-state index contributed by atoms with van der Waals surface area (Å²) in [6.07, 6.45) is 0. The molecule has 0 amide bonds. The summed E-state index contributed by atoms with van der Waals surface area (Å²) in [5, 5.41) is 4.39. The Morgan fingerprint density at radius 2 is 0.894 bits per heavy atom. The third-order valence-corrected chi connectivity index (χ3v) is 9.19. The van der Waals surface area contributed by atoms with Crippen LogP contribution in [-0.4, -0.2) is 9.97 Å². The molecular weight excluding hydrogens is 582 g/mol. The monoisotopic (exact) mass is 608 g/mol. The van der Waals surface area contributed by atoms with Crippen molar-refractivity contribution in [2.45, 2.75) is 5.92 Å². The zero-order valence-electron chi connectivity index (χ0n) is 25.2. The van der Waals surface area contributed by atoms with Crippen LogP contribution < -0.4 is 0 Å². The van der Waals surface area contributed by atoms with Crippen LogP contribution in [0.25, 0.3) is 77.7 Å². The Morgan fingerprint density at radius 3 is 1.66 bits per heavy atom. The molecule has 0 saturated heterocycles. The lowest BCUT2D eigenvalue weighted by atomic mass is 9.95. The molecule has 0 spiro atoms. The highest BCUT2D eigenvalue weighted by atomic mass is 19.3. The summed E-state index contributed by atoms with van der Waals surface area (Å²) < 4.78 is 31.0. The molecule has 1 heterocycles. The van der Waals surface area contributed by atoms with E-state index in [0.29, 0.717) is 17.0 Å². The van der Waals surface area contributed by atoms with Crippen LogP contribution in [0.2, 0.25) is 0 Å². The Hall–Kier alpha value is -6.00. The molecule has 0 fully saturated rings. The topological polar surface area (TPSA) is 25.8 Å². The van der Waals surface area contributed by atoms with Gasteiger partial charge < -0.3 is 0 Å². The Morgan fingerprint density at radius 1 is 0.362 bits per heavy atom. The molecule has 222 valence electrons. The first-order chi connectivity index (χ1) is 23.0. The van der Waals surface area contributed by atoms with Crippen molar-refractivity contribution in [1.29, 1.82) is 0 Å². The smallest absolute Gasteiger partial charge is 0.228 e. The molecule has 0 saturated carbocycles. The lowest BCUT2D eigenvalue weighted by Crippen LogP contribution is -2.10. The van der Waals surface area contributed by atoms with Crippen molar-refractivity contribution >= 4 is 21.5 Å². The third-order valence-electron chi connectivity index (χ3n) is 9.19. The maximum absolute atomic E-state index is 15.5. The maximum atomic E-state index is 15.5. The standard InChI is InChI=1S/C43H26F2N2/c44-43(45)38-13-7-6-12-36(38)37-21-20-32(25-39(37)43)31-17-14-28-16-19-34(24-35(28)23-31)41-26-40(46-42(47-41)29-9-2-1-3-10-29)33-18-15-27-8-4-5-11-30(27)22-33/h1-26H. The van der Waals surface area contributed by atoms with Crippen LogP contribution in [0.5, 0.6) is 0 Å². The number of nitrogens with zero attached hydrogens (tertiary/aromatic N) is 2. The lowest BCUT2D eigenvalue weighted by molar-refractivity contribution is 0.0480. The van der Waals surface area contributed by atoms with Gasteiger partial charge in [0.05, 0.1) is 11.4 Å². The van der Waals surface area contributed by atoms with E-state index in [4.69, 9.17) is 9.97 Å². The Balaban J connectivity index is 1.15. The van der Waals surface area contributed by atoms with Gasteiger partial charge in [0.25, 0.3) is 5.92 Å². The number of alkyl halides is 2. The quantitative estimate of drug-likeness (QED) is 0.199. The van der Waals surface area contributed by atoms with Crippen molar-refractivity contribution in [2.24, 2.45) is 0 Å². The number of hydrogen-bond acceptors (Lipinski definition) is 2. The first kappa shape index (κ1) is 27.3. The largest absolute Gasteiger partial charge is 0.299 e. The van der Waals surface area contributed by atoms with Gasteiger partial charge in [-0.1, -0.05) is 127 Å². The van der Waals surface area contributed by atoms with E-state index >= 15 is 8.78 Å². The van der Waals surface area contributed by atoms with Gasteiger partial charge in [0.1, 0.15) is 0 Å². The van der Waals surface area contributed by atoms with Gasteiger partial charge in [-0.2, -0.15) is 8.78 Å². The van der Waals surface area contributed by atoms with Gasteiger partial charge in [0.2, 0.25) is 0 Å². The first-order valence-electron chi connectivity index (χ1n) is 15.6. The van der Waals surface area contributed by atoms with E-state index in [1.54, 1.807) is 18.2 Å². The molecule has 1 aromatic heterocycles. The van der Waals surface area contributed by atoms with Crippen molar-refractivity contribution in [3.05, 3.63) is 169 Å². The predicted molar refractivity (Wildman–Crippen MR) is 187 cm³/mol. The second-order valence-electron chi connectivity index (χ2n) is 12.0. The van der Waals surface area contributed by atoms with E-state index in [-0.39, 0.29) is 11.1 Å². The average Bonchev–Trinajstić information content (AvgIpc) is 3.36. The van der Waals surface area contributed by atoms with Crippen LogP contribution in [0.4, 0.5) is 8.78 Å². The maximum Gasteiger partial charge on any atom is 0.299 e. The van der Waals surface area contributed by atoms with E-state index in [0.717, 1.165) is 55.4 Å². The molecule has 1 aliphatic rings. The summed E-state index contributed by atoms with van der Waals surface area (Å²) >= 11 is 0. The normalized spacial score (nSPS) is 13.1. The van der Waals surface area contributed by atoms with Gasteiger partial charge in [-0.15, -0.1) is 0 Å². The highest BCUT2D eigenvalue weighted by Gasteiger charge is 2.44. The third kappa shape index (κ3) is 4.60. The Bertz CT molecular complexity index is 2500. The van der Waals surface area contributed by atoms with Crippen molar-refractivity contribution in [2.75, 3.05) is 0 Å². The molecule has 0 bridgehead atoms. The Kier molecular flexibility index (Phi) is 6.12. The minimum atomic E-state index is -3.03. The molecule has 0 unspecified atom stereocenters. The molecule has 2 nitrogen and oxygen atoms in total. The highest BCUT2D eigenvalue weighted by Crippen LogP contribution is 2.51. The van der Waals surface area contributed by atoms with Crippen molar-refractivity contribution in [3.63, 3.8) is 0 Å². The fourth-order valence-corrected chi connectivity index (χ4v) is 6.75. The van der Waals surface area contributed by atoms with Gasteiger partial charge in [-0.25, -0.2) is 9.97 Å². The van der Waals surface area contributed by atoms with Crippen LogP contribution in [-0.2, 0) is 5.92 Å². The summed E-state index contributed by atoms with van der Waals surface area (Å²) in [5.74, 6) is -2.38. The van der Waals surface area contributed by atoms with Crippen molar-refractivity contribution < 1.29 is 8.78 Å². The van der Waals surface area contributed by atoms with Crippen molar-refractivity contribution in [3.8, 4) is 56.2 Å². The van der Waals surface area contributed by atoms with E-state index in [1.807, 2.05) is 78.9 Å². The number of halogens is 2. The van der Waals surface area contributed by atoms with E-state index in [2.05, 4.69) is 54.6 Å². The number of aromatic nitrogens is 2. The second kappa shape index (κ2) is 10.5. The SMILES string of the molecule is FC1(F)c2ccccc2-c2ccc(-c3ccc4ccc(-c5cc(-c6ccc7ccccc7c6)nc(-c6ccccc6)n5)cc4c3)cc21. The van der Waals surface area contributed by atoms with Crippen LogP contribution >= 0.6 is 0 Å². The fourth-order valence-electron chi connectivity index (χ4n) is 6.75. The van der Waals surface area contributed by atoms with Gasteiger partial charge in [-0.05, 0) is 74.1 Å². The zero-order valence-corrected chi connectivity index (χ0v) is 25.2. The molecule has 0 aliphatic heterocycles. The molecule has 8 aromatic rings. The summed E-state index contributed by atoms with van der Waals surface area (Å²) in [5.41, 5.74) is 7.52. The van der Waals surface area contributed by atoms with Crippen LogP contribution in [0.1, 0.15) is 11.1 Å². The summed E-state index contributed by atoms with van der Waals surface area (Å²) in [7, 11) is 0. The van der Waals surface area contributed by atoms with Crippen LogP contribution in [0.15, 0.2) is 158 Å².